The molecule has 4 rings (SSSR count). The van der Waals surface area contributed by atoms with Crippen molar-refractivity contribution in [3.63, 3.8) is 0 Å². The van der Waals surface area contributed by atoms with E-state index in [0.29, 0.717) is 0 Å². The molecule has 0 spiro atoms. The van der Waals surface area contributed by atoms with Gasteiger partial charge < -0.3 is 4.72 Å². The fourth-order valence-electron chi connectivity index (χ4n) is 3.22. The van der Waals surface area contributed by atoms with Gasteiger partial charge in [-0.1, -0.05) is 96.7 Å². The van der Waals surface area contributed by atoms with Gasteiger partial charge in [-0.25, -0.2) is 0 Å². The van der Waals surface area contributed by atoms with Gasteiger partial charge in [0.2, 0.25) is 0 Å². The molecule has 28 heavy (non-hydrogen) atoms. The minimum Gasteiger partial charge on any atom is -0.338 e. The van der Waals surface area contributed by atoms with E-state index in [-0.39, 0.29) is 0 Å². The van der Waals surface area contributed by atoms with Crippen molar-refractivity contribution >= 4 is 26.8 Å². The molecule has 0 amide bonds. The fraction of sp³-hybridized carbons (Fsp3) is 0. The van der Waals surface area contributed by atoms with Gasteiger partial charge in [0.05, 0.1) is 0 Å². The SMILES string of the molecule is C=S(=C)(Nc1cccc(-c2ccccc2)c1)c1ccc(-c2ccccc2)cc1. The summed E-state index contributed by atoms with van der Waals surface area (Å²) in [5.74, 6) is 8.80. The fourth-order valence-corrected chi connectivity index (χ4v) is 4.57. The Balaban J connectivity index is 1.58. The van der Waals surface area contributed by atoms with Crippen molar-refractivity contribution in [3.8, 4) is 22.3 Å². The van der Waals surface area contributed by atoms with Crippen molar-refractivity contribution in [2.45, 2.75) is 4.90 Å². The van der Waals surface area contributed by atoms with Crippen LogP contribution in [0.15, 0.2) is 114 Å². The lowest BCUT2D eigenvalue weighted by atomic mass is 10.1. The molecule has 0 saturated heterocycles. The number of hydrogen-bond acceptors (Lipinski definition) is 1. The highest BCUT2D eigenvalue weighted by Gasteiger charge is 2.05. The Morgan fingerprint density at radius 1 is 0.500 bits per heavy atom. The summed E-state index contributed by atoms with van der Waals surface area (Å²) in [5.41, 5.74) is 5.83. The van der Waals surface area contributed by atoms with Crippen LogP contribution in [-0.2, 0) is 0 Å². The third kappa shape index (κ3) is 4.03. The minimum absolute atomic E-state index is 1.04. The highest BCUT2D eigenvalue weighted by atomic mass is 32.2. The van der Waals surface area contributed by atoms with Crippen LogP contribution in [0.1, 0.15) is 0 Å². The molecule has 0 atom stereocenters. The maximum Gasteiger partial charge on any atom is 0.0440 e. The second-order valence-electron chi connectivity index (χ2n) is 6.82. The predicted molar refractivity (Wildman–Crippen MR) is 127 cm³/mol. The van der Waals surface area contributed by atoms with Crippen LogP contribution in [0.25, 0.3) is 22.3 Å². The van der Waals surface area contributed by atoms with Crippen molar-refractivity contribution in [2.75, 3.05) is 4.72 Å². The molecule has 0 aliphatic rings. The smallest absolute Gasteiger partial charge is 0.0440 e. The first kappa shape index (κ1) is 18.1. The molecule has 1 N–H and O–H groups in total. The van der Waals surface area contributed by atoms with Gasteiger partial charge in [-0.15, -0.1) is 9.39 Å². The average molecular weight is 382 g/mol. The normalized spacial score (nSPS) is 11.1. The van der Waals surface area contributed by atoms with Gasteiger partial charge >= 0.3 is 0 Å². The quantitative estimate of drug-likeness (QED) is 0.364. The van der Waals surface area contributed by atoms with E-state index in [1.54, 1.807) is 0 Å². The molecule has 0 saturated carbocycles. The molecule has 0 bridgehead atoms. The van der Waals surface area contributed by atoms with E-state index in [0.717, 1.165) is 10.6 Å². The van der Waals surface area contributed by atoms with Crippen molar-refractivity contribution in [1.82, 2.24) is 0 Å². The lowest BCUT2D eigenvalue weighted by molar-refractivity contribution is 1.45. The summed E-state index contributed by atoms with van der Waals surface area (Å²) >= 11 is 0. The van der Waals surface area contributed by atoms with Gasteiger partial charge in [0, 0.05) is 10.6 Å². The van der Waals surface area contributed by atoms with Gasteiger partial charge in [0.15, 0.2) is 0 Å². The summed E-state index contributed by atoms with van der Waals surface area (Å²) in [5, 5.41) is 0. The first-order valence-electron chi connectivity index (χ1n) is 9.20. The number of rotatable bonds is 5. The minimum atomic E-state index is -1.66. The van der Waals surface area contributed by atoms with Gasteiger partial charge in [-0.05, 0) is 46.5 Å². The van der Waals surface area contributed by atoms with Crippen LogP contribution in [0.2, 0.25) is 0 Å². The first-order chi connectivity index (χ1) is 13.6. The summed E-state index contributed by atoms with van der Waals surface area (Å²) < 4.78 is 3.57. The molecule has 0 aliphatic carbocycles. The van der Waals surface area contributed by atoms with E-state index in [9.17, 15) is 0 Å². The Morgan fingerprint density at radius 3 is 1.61 bits per heavy atom. The van der Waals surface area contributed by atoms with E-state index in [1.165, 1.54) is 22.3 Å². The Morgan fingerprint density at radius 2 is 1.00 bits per heavy atom. The maximum atomic E-state index is 4.40. The molecule has 4 aromatic carbocycles. The van der Waals surface area contributed by atoms with Crippen LogP contribution in [0.4, 0.5) is 5.69 Å². The maximum absolute atomic E-state index is 4.40. The summed E-state index contributed by atoms with van der Waals surface area (Å²) in [4.78, 5) is 1.12. The second kappa shape index (κ2) is 7.79. The molecule has 0 unspecified atom stereocenters. The van der Waals surface area contributed by atoms with E-state index >= 15 is 0 Å². The summed E-state index contributed by atoms with van der Waals surface area (Å²) in [7, 11) is -1.66. The van der Waals surface area contributed by atoms with Gasteiger partial charge in [0.25, 0.3) is 0 Å². The molecule has 0 fully saturated rings. The van der Waals surface area contributed by atoms with Gasteiger partial charge in [0.1, 0.15) is 0 Å². The number of hydrogen-bond donors (Lipinski definition) is 1. The van der Waals surface area contributed by atoms with E-state index in [1.807, 2.05) is 12.1 Å². The van der Waals surface area contributed by atoms with E-state index in [2.05, 4.69) is 114 Å². The predicted octanol–water partition coefficient (Wildman–Crippen LogP) is 7.08. The molecular weight excluding hydrogens is 358 g/mol. The zero-order valence-electron chi connectivity index (χ0n) is 15.7. The standard InChI is InChI=1S/C26H23NS/c1-28(2,26-18-16-23(17-19-26)21-10-5-3-6-11-21)27-25-15-9-14-24(20-25)22-12-7-4-8-13-22/h3-20,27H,1-2H2. The monoisotopic (exact) mass is 381 g/mol. The molecule has 2 heteroatoms. The highest BCUT2D eigenvalue weighted by molar-refractivity contribution is 8.28. The van der Waals surface area contributed by atoms with Crippen LogP contribution < -0.4 is 4.72 Å². The molecule has 0 aromatic heterocycles. The largest absolute Gasteiger partial charge is 0.338 e. The topological polar surface area (TPSA) is 12.0 Å². The second-order valence-corrected chi connectivity index (χ2v) is 9.27. The van der Waals surface area contributed by atoms with E-state index < -0.39 is 9.39 Å². The molecule has 0 radical (unpaired) electrons. The molecule has 0 heterocycles. The van der Waals surface area contributed by atoms with Crippen molar-refractivity contribution < 1.29 is 0 Å². The Hall–Kier alpha value is -3.23. The van der Waals surface area contributed by atoms with Crippen LogP contribution in [0.3, 0.4) is 0 Å². The van der Waals surface area contributed by atoms with Gasteiger partial charge in [-0.3, -0.25) is 0 Å². The van der Waals surface area contributed by atoms with Crippen LogP contribution in [0, 0.1) is 0 Å². The van der Waals surface area contributed by atoms with Crippen molar-refractivity contribution in [1.29, 1.82) is 0 Å². The Bertz CT molecular complexity index is 1160. The highest BCUT2D eigenvalue weighted by Crippen LogP contribution is 2.35. The molecule has 4 aromatic rings. The first-order valence-corrected chi connectivity index (χ1v) is 11.2. The number of anilines is 1. The molecule has 1 nitrogen and oxygen atoms in total. The number of benzene rings is 4. The van der Waals surface area contributed by atoms with Crippen LogP contribution >= 0.6 is 9.39 Å². The van der Waals surface area contributed by atoms with Crippen molar-refractivity contribution in [3.05, 3.63) is 109 Å². The van der Waals surface area contributed by atoms with Crippen molar-refractivity contribution in [2.24, 2.45) is 0 Å². The zero-order chi connectivity index (χ0) is 19.4. The van der Waals surface area contributed by atoms with Gasteiger partial charge in [-0.2, -0.15) is 0 Å². The summed E-state index contributed by atoms with van der Waals surface area (Å²) in [6.07, 6.45) is 0. The Labute approximate surface area is 167 Å². The lowest BCUT2D eigenvalue weighted by Crippen LogP contribution is -1.96. The third-order valence-corrected chi connectivity index (χ3v) is 6.50. The summed E-state index contributed by atoms with van der Waals surface area (Å²) in [6, 6.07) is 37.8. The Kier molecular flexibility index (Phi) is 5.05. The zero-order valence-corrected chi connectivity index (χ0v) is 16.5. The van der Waals surface area contributed by atoms with E-state index in [4.69, 9.17) is 0 Å². The average Bonchev–Trinajstić information content (AvgIpc) is 2.75. The molecular formula is C26H23NS. The lowest BCUT2D eigenvalue weighted by Gasteiger charge is -2.19. The summed E-state index contributed by atoms with van der Waals surface area (Å²) in [6.45, 7) is 0. The number of nitrogens with one attached hydrogen (secondary N) is 1. The molecule has 138 valence electrons. The van der Waals surface area contributed by atoms with Crippen LogP contribution in [-0.4, -0.2) is 11.7 Å². The molecule has 0 aliphatic heterocycles. The third-order valence-electron chi connectivity index (χ3n) is 4.70. The van der Waals surface area contributed by atoms with Crippen LogP contribution in [0.5, 0.6) is 0 Å².